The van der Waals surface area contributed by atoms with Gasteiger partial charge in [0.25, 0.3) is 5.91 Å². The molecule has 1 amide bonds. The Bertz CT molecular complexity index is 1450. The first-order valence-electron chi connectivity index (χ1n) is 10.8. The summed E-state index contributed by atoms with van der Waals surface area (Å²) in [6.45, 7) is 3.97. The van der Waals surface area contributed by atoms with Crippen LogP contribution in [0.15, 0.2) is 84.4 Å². The lowest BCUT2D eigenvalue weighted by Crippen LogP contribution is -2.13. The van der Waals surface area contributed by atoms with Gasteiger partial charge in [-0.3, -0.25) is 4.79 Å². The predicted molar refractivity (Wildman–Crippen MR) is 133 cm³/mol. The molecule has 0 heterocycles. The quantitative estimate of drug-likeness (QED) is 0.262. The number of benzene rings is 4. The largest absolute Gasteiger partial charge is 0.488 e. The smallest absolute Gasteiger partial charge is 0.266 e. The number of carbonyl (C=O) groups is 1. The van der Waals surface area contributed by atoms with Crippen molar-refractivity contribution in [1.82, 2.24) is 0 Å². The Balaban J connectivity index is 1.70. The van der Waals surface area contributed by atoms with Gasteiger partial charge in [0.15, 0.2) is 0 Å². The van der Waals surface area contributed by atoms with E-state index in [4.69, 9.17) is 4.74 Å². The lowest BCUT2D eigenvalue weighted by Gasteiger charge is -2.13. The van der Waals surface area contributed by atoms with E-state index in [-0.39, 0.29) is 18.0 Å². The molecule has 4 aromatic rings. The molecule has 0 aromatic heterocycles. The molecule has 34 heavy (non-hydrogen) atoms. The number of halogens is 1. The highest BCUT2D eigenvalue weighted by Gasteiger charge is 2.15. The molecule has 5 heteroatoms. The van der Waals surface area contributed by atoms with E-state index in [9.17, 15) is 14.4 Å². The second kappa shape index (κ2) is 10.0. The van der Waals surface area contributed by atoms with Gasteiger partial charge in [-0.05, 0) is 66.1 Å². The van der Waals surface area contributed by atoms with Crippen molar-refractivity contribution in [3.8, 4) is 11.8 Å². The Morgan fingerprint density at radius 1 is 1.00 bits per heavy atom. The molecule has 0 saturated carbocycles. The van der Waals surface area contributed by atoms with Crippen LogP contribution in [0.5, 0.6) is 5.75 Å². The van der Waals surface area contributed by atoms with Crippen molar-refractivity contribution in [2.24, 2.45) is 0 Å². The van der Waals surface area contributed by atoms with Crippen LogP contribution in [0, 0.1) is 31.0 Å². The SMILES string of the molecule is Cc1ccc(NC(=O)/C(C#N)=C/c2c(OCc3ccccc3F)ccc3ccccc23)cc1C. The minimum absolute atomic E-state index is 0.0164. The summed E-state index contributed by atoms with van der Waals surface area (Å²) >= 11 is 0. The fourth-order valence-electron chi connectivity index (χ4n) is 3.63. The molecule has 1 N–H and O–H groups in total. The van der Waals surface area contributed by atoms with Crippen LogP contribution in [0.1, 0.15) is 22.3 Å². The molecule has 168 valence electrons. The van der Waals surface area contributed by atoms with Crippen LogP contribution in [0.2, 0.25) is 0 Å². The average Bonchev–Trinajstić information content (AvgIpc) is 2.84. The van der Waals surface area contributed by atoms with Gasteiger partial charge < -0.3 is 10.1 Å². The number of rotatable bonds is 6. The zero-order chi connectivity index (χ0) is 24.1. The van der Waals surface area contributed by atoms with E-state index >= 15 is 0 Å². The summed E-state index contributed by atoms with van der Waals surface area (Å²) in [5.41, 5.74) is 3.70. The Morgan fingerprint density at radius 3 is 2.53 bits per heavy atom. The van der Waals surface area contributed by atoms with Crippen molar-refractivity contribution in [3.63, 3.8) is 0 Å². The maximum atomic E-state index is 14.1. The summed E-state index contributed by atoms with van der Waals surface area (Å²) in [7, 11) is 0. The molecule has 0 saturated heterocycles. The second-order valence-electron chi connectivity index (χ2n) is 8.00. The summed E-state index contributed by atoms with van der Waals surface area (Å²) in [4.78, 5) is 12.9. The van der Waals surface area contributed by atoms with Gasteiger partial charge in [0.2, 0.25) is 0 Å². The zero-order valence-corrected chi connectivity index (χ0v) is 18.9. The molecule has 0 radical (unpaired) electrons. The number of carbonyl (C=O) groups excluding carboxylic acids is 1. The predicted octanol–water partition coefficient (Wildman–Crippen LogP) is 6.72. The van der Waals surface area contributed by atoms with Crippen molar-refractivity contribution in [1.29, 1.82) is 5.26 Å². The molecule has 0 unspecified atom stereocenters. The Kier molecular flexibility index (Phi) is 6.70. The summed E-state index contributed by atoms with van der Waals surface area (Å²) < 4.78 is 20.0. The molecule has 0 aliphatic carbocycles. The number of ether oxygens (including phenoxy) is 1. The van der Waals surface area contributed by atoms with Crippen LogP contribution in [-0.4, -0.2) is 5.91 Å². The van der Waals surface area contributed by atoms with Gasteiger partial charge >= 0.3 is 0 Å². The topological polar surface area (TPSA) is 62.1 Å². The van der Waals surface area contributed by atoms with Crippen molar-refractivity contribution < 1.29 is 13.9 Å². The molecule has 0 bridgehead atoms. The number of nitrogens with zero attached hydrogens (tertiary/aromatic N) is 1. The highest BCUT2D eigenvalue weighted by Crippen LogP contribution is 2.31. The molecule has 0 aliphatic rings. The molecule has 0 fully saturated rings. The van der Waals surface area contributed by atoms with Crippen LogP contribution in [0.4, 0.5) is 10.1 Å². The van der Waals surface area contributed by atoms with Crippen molar-refractivity contribution in [2.45, 2.75) is 20.5 Å². The molecular formula is C29H23FN2O2. The number of hydrogen-bond acceptors (Lipinski definition) is 3. The number of nitrogens with one attached hydrogen (secondary N) is 1. The normalized spacial score (nSPS) is 11.2. The molecule has 0 atom stereocenters. The van der Waals surface area contributed by atoms with Gasteiger partial charge in [0.05, 0.1) is 0 Å². The average molecular weight is 451 g/mol. The minimum Gasteiger partial charge on any atom is -0.488 e. The number of fused-ring (bicyclic) bond motifs is 1. The van der Waals surface area contributed by atoms with E-state index in [0.717, 1.165) is 21.9 Å². The van der Waals surface area contributed by atoms with Gasteiger partial charge in [-0.2, -0.15) is 5.26 Å². The van der Waals surface area contributed by atoms with Crippen molar-refractivity contribution >= 4 is 28.4 Å². The van der Waals surface area contributed by atoms with Gasteiger partial charge in [0, 0.05) is 16.8 Å². The first-order chi connectivity index (χ1) is 16.5. The Hall–Kier alpha value is -4.43. The monoisotopic (exact) mass is 450 g/mol. The lowest BCUT2D eigenvalue weighted by molar-refractivity contribution is -0.112. The van der Waals surface area contributed by atoms with E-state index in [1.54, 1.807) is 30.3 Å². The number of aryl methyl sites for hydroxylation is 2. The molecule has 4 rings (SSSR count). The van der Waals surface area contributed by atoms with Gasteiger partial charge in [-0.25, -0.2) is 4.39 Å². The van der Waals surface area contributed by atoms with Gasteiger partial charge in [0.1, 0.15) is 29.8 Å². The van der Waals surface area contributed by atoms with E-state index in [1.807, 2.05) is 62.4 Å². The van der Waals surface area contributed by atoms with Gasteiger partial charge in [-0.1, -0.05) is 54.6 Å². The number of hydrogen-bond donors (Lipinski definition) is 1. The number of anilines is 1. The summed E-state index contributed by atoms with van der Waals surface area (Å²) in [6, 6.07) is 25.3. The third-order valence-electron chi connectivity index (χ3n) is 5.69. The maximum absolute atomic E-state index is 14.1. The summed E-state index contributed by atoms with van der Waals surface area (Å²) in [5, 5.41) is 14.3. The molecule has 4 nitrogen and oxygen atoms in total. The highest BCUT2D eigenvalue weighted by atomic mass is 19.1. The maximum Gasteiger partial charge on any atom is 0.266 e. The third-order valence-corrected chi connectivity index (χ3v) is 5.69. The zero-order valence-electron chi connectivity index (χ0n) is 18.9. The first-order valence-corrected chi connectivity index (χ1v) is 10.8. The third kappa shape index (κ3) is 4.97. The Morgan fingerprint density at radius 2 is 1.76 bits per heavy atom. The van der Waals surface area contributed by atoms with E-state index in [1.165, 1.54) is 12.1 Å². The fraction of sp³-hybridized carbons (Fsp3) is 0.103. The molecule has 0 aliphatic heterocycles. The Labute approximate surface area is 197 Å². The van der Waals surface area contributed by atoms with Crippen molar-refractivity contribution in [2.75, 3.05) is 5.32 Å². The number of nitriles is 1. The number of amides is 1. The standard InChI is InChI=1S/C29H23FN2O2/c1-19-11-13-24(15-20(19)2)32-29(33)23(17-31)16-26-25-9-5-3-7-21(25)12-14-28(26)34-18-22-8-4-6-10-27(22)30/h3-16H,18H2,1-2H3,(H,32,33)/b23-16+. The highest BCUT2D eigenvalue weighted by molar-refractivity contribution is 6.11. The fourth-order valence-corrected chi connectivity index (χ4v) is 3.63. The molecule has 4 aromatic carbocycles. The first kappa shape index (κ1) is 22.8. The second-order valence-corrected chi connectivity index (χ2v) is 8.00. The summed E-state index contributed by atoms with van der Waals surface area (Å²) in [5.74, 6) is -0.418. The van der Waals surface area contributed by atoms with Crippen molar-refractivity contribution in [3.05, 3.63) is 113 Å². The molecule has 0 spiro atoms. The van der Waals surface area contributed by atoms with Crippen LogP contribution in [0.3, 0.4) is 0 Å². The van der Waals surface area contributed by atoms with Crippen LogP contribution < -0.4 is 10.1 Å². The van der Waals surface area contributed by atoms with Crippen LogP contribution >= 0.6 is 0 Å². The van der Waals surface area contributed by atoms with E-state index < -0.39 is 5.91 Å². The van der Waals surface area contributed by atoms with Gasteiger partial charge in [-0.15, -0.1) is 0 Å². The molecular weight excluding hydrogens is 427 g/mol. The van der Waals surface area contributed by atoms with E-state index in [0.29, 0.717) is 22.6 Å². The van der Waals surface area contributed by atoms with Crippen LogP contribution in [-0.2, 0) is 11.4 Å². The minimum atomic E-state index is -0.515. The summed E-state index contributed by atoms with van der Waals surface area (Å²) in [6.07, 6.45) is 1.52. The van der Waals surface area contributed by atoms with Crippen LogP contribution in [0.25, 0.3) is 16.8 Å². The van der Waals surface area contributed by atoms with E-state index in [2.05, 4.69) is 5.32 Å². The lowest BCUT2D eigenvalue weighted by atomic mass is 10.0.